The van der Waals surface area contributed by atoms with Crippen molar-refractivity contribution < 1.29 is 24.3 Å². The zero-order valence-corrected chi connectivity index (χ0v) is 22.3. The number of thioether (sulfide) groups is 2. The summed E-state index contributed by atoms with van der Waals surface area (Å²) in [6.07, 6.45) is 0. The van der Waals surface area contributed by atoms with Crippen LogP contribution >= 0.6 is 50.8 Å². The van der Waals surface area contributed by atoms with Crippen molar-refractivity contribution in [2.45, 2.75) is 28.7 Å². The summed E-state index contributed by atoms with van der Waals surface area (Å²) in [5, 5.41) is 23.5. The standard InChI is InChI=1S/C21H20BrN5O5S3/c1-10-25-26-21(35-10)34-9-12-8-33-19-15(18(30)27(19)16(12)20(31)32)24-17(29)14(23-13(28)7-22)11-5-3-2-4-6-11/h2-6,14-15,19H,7-9H2,1H3,(H,23,28)(H,24,29)(H,31,32)/t14?,15?,19-/m0/s1. The van der Waals surface area contributed by atoms with Crippen LogP contribution in [0.2, 0.25) is 0 Å². The second-order valence-corrected chi connectivity index (χ2v) is 11.6. The molecule has 184 valence electrons. The number of hydrogen-bond donors (Lipinski definition) is 3. The maximum absolute atomic E-state index is 13.1. The lowest BCUT2D eigenvalue weighted by molar-refractivity contribution is -0.151. The molecule has 3 heterocycles. The van der Waals surface area contributed by atoms with Crippen LogP contribution in [-0.4, -0.2) is 72.1 Å². The number of nitrogens with one attached hydrogen (secondary N) is 2. The van der Waals surface area contributed by atoms with E-state index in [1.54, 1.807) is 30.3 Å². The highest BCUT2D eigenvalue weighted by atomic mass is 79.9. The lowest BCUT2D eigenvalue weighted by Gasteiger charge is -2.49. The molecule has 0 bridgehead atoms. The van der Waals surface area contributed by atoms with Crippen LogP contribution in [-0.2, 0) is 19.2 Å². The van der Waals surface area contributed by atoms with E-state index >= 15 is 0 Å². The Labute approximate surface area is 221 Å². The molecule has 1 saturated heterocycles. The first-order valence-electron chi connectivity index (χ1n) is 10.3. The van der Waals surface area contributed by atoms with Crippen LogP contribution in [0.3, 0.4) is 0 Å². The van der Waals surface area contributed by atoms with Crippen LogP contribution < -0.4 is 10.6 Å². The lowest BCUT2D eigenvalue weighted by atomic mass is 10.0. The van der Waals surface area contributed by atoms with Crippen molar-refractivity contribution in [1.82, 2.24) is 25.7 Å². The Hall–Kier alpha value is -2.42. The number of carbonyl (C=O) groups is 4. The first-order chi connectivity index (χ1) is 16.8. The summed E-state index contributed by atoms with van der Waals surface area (Å²) in [6.45, 7) is 1.84. The molecule has 0 spiro atoms. The number of nitrogens with zero attached hydrogens (tertiary/aromatic N) is 3. The van der Waals surface area contributed by atoms with E-state index in [0.29, 0.717) is 22.6 Å². The number of aromatic nitrogens is 2. The van der Waals surface area contributed by atoms with Gasteiger partial charge in [-0.1, -0.05) is 69.4 Å². The molecule has 4 rings (SSSR count). The molecule has 10 nitrogen and oxygen atoms in total. The van der Waals surface area contributed by atoms with Crippen LogP contribution in [0.25, 0.3) is 0 Å². The van der Waals surface area contributed by atoms with Crippen LogP contribution in [0, 0.1) is 6.92 Å². The van der Waals surface area contributed by atoms with E-state index in [1.807, 2.05) is 6.92 Å². The number of benzene rings is 1. The Morgan fingerprint density at radius 2 is 2.03 bits per heavy atom. The summed E-state index contributed by atoms with van der Waals surface area (Å²) in [5.74, 6) is -1.85. The Morgan fingerprint density at radius 1 is 1.29 bits per heavy atom. The Balaban J connectivity index is 1.48. The molecule has 14 heteroatoms. The number of rotatable bonds is 9. The van der Waals surface area contributed by atoms with E-state index in [4.69, 9.17) is 0 Å². The average Bonchev–Trinajstić information content (AvgIpc) is 3.28. The minimum atomic E-state index is -1.19. The molecule has 0 aliphatic carbocycles. The molecule has 1 aromatic carbocycles. The summed E-state index contributed by atoms with van der Waals surface area (Å²) in [6, 6.07) is 6.81. The second-order valence-electron chi connectivity index (χ2n) is 7.57. The molecule has 2 aliphatic rings. The summed E-state index contributed by atoms with van der Waals surface area (Å²) in [4.78, 5) is 51.4. The van der Waals surface area contributed by atoms with Crippen LogP contribution in [0.15, 0.2) is 45.9 Å². The highest BCUT2D eigenvalue weighted by Crippen LogP contribution is 2.42. The van der Waals surface area contributed by atoms with Crippen molar-refractivity contribution in [1.29, 1.82) is 0 Å². The number of amides is 3. The van der Waals surface area contributed by atoms with Crippen molar-refractivity contribution >= 4 is 74.5 Å². The lowest BCUT2D eigenvalue weighted by Crippen LogP contribution is -2.71. The van der Waals surface area contributed by atoms with Crippen LogP contribution in [0.5, 0.6) is 0 Å². The number of β-lactam (4-membered cyclic amide) rings is 1. The SMILES string of the molecule is Cc1nnc(SCC2=C(C(=O)O)N3C(=O)C(NC(=O)C(NC(=O)CBr)c4ccccc4)[C@@H]3SC2)s1. The first-order valence-corrected chi connectivity index (χ1v) is 14.3. The monoisotopic (exact) mass is 597 g/mol. The Bertz CT molecular complexity index is 1190. The minimum Gasteiger partial charge on any atom is -0.477 e. The van der Waals surface area contributed by atoms with E-state index in [0.717, 1.165) is 9.35 Å². The van der Waals surface area contributed by atoms with Crippen LogP contribution in [0.1, 0.15) is 16.6 Å². The van der Waals surface area contributed by atoms with Gasteiger partial charge in [0.1, 0.15) is 28.2 Å². The van der Waals surface area contributed by atoms with E-state index in [9.17, 15) is 24.3 Å². The molecule has 35 heavy (non-hydrogen) atoms. The van der Waals surface area contributed by atoms with Gasteiger partial charge in [0.2, 0.25) is 11.8 Å². The number of carboxylic acid groups (broad SMARTS) is 1. The number of carboxylic acids is 1. The van der Waals surface area contributed by atoms with E-state index in [-0.39, 0.29) is 16.9 Å². The third-order valence-corrected chi connectivity index (χ3v) is 9.15. The number of aryl methyl sites for hydroxylation is 1. The third-order valence-electron chi connectivity index (χ3n) is 5.25. The van der Waals surface area contributed by atoms with Gasteiger partial charge >= 0.3 is 5.97 Å². The number of carbonyl (C=O) groups excluding carboxylic acids is 3. The van der Waals surface area contributed by atoms with Gasteiger partial charge < -0.3 is 15.7 Å². The van der Waals surface area contributed by atoms with Gasteiger partial charge in [-0.2, -0.15) is 0 Å². The molecule has 2 aliphatic heterocycles. The number of aliphatic carboxylic acids is 1. The van der Waals surface area contributed by atoms with Crippen molar-refractivity contribution in [2.75, 3.05) is 16.8 Å². The topological polar surface area (TPSA) is 142 Å². The predicted molar refractivity (Wildman–Crippen MR) is 136 cm³/mol. The van der Waals surface area contributed by atoms with Crippen molar-refractivity contribution in [3.63, 3.8) is 0 Å². The molecule has 2 unspecified atom stereocenters. The van der Waals surface area contributed by atoms with Gasteiger partial charge in [-0.25, -0.2) is 4.79 Å². The summed E-state index contributed by atoms with van der Waals surface area (Å²) < 4.78 is 0.726. The van der Waals surface area contributed by atoms with Crippen molar-refractivity contribution in [3.05, 3.63) is 52.2 Å². The van der Waals surface area contributed by atoms with E-state index < -0.39 is 35.2 Å². The molecule has 3 N–H and O–H groups in total. The van der Waals surface area contributed by atoms with Gasteiger partial charge in [-0.05, 0) is 18.1 Å². The van der Waals surface area contributed by atoms with Gasteiger partial charge in [-0.15, -0.1) is 22.0 Å². The molecule has 0 radical (unpaired) electrons. The molecule has 1 aromatic heterocycles. The largest absolute Gasteiger partial charge is 0.477 e. The van der Waals surface area contributed by atoms with Gasteiger partial charge in [0.25, 0.3) is 5.91 Å². The van der Waals surface area contributed by atoms with Gasteiger partial charge in [0, 0.05) is 11.5 Å². The molecule has 1 fully saturated rings. The molecule has 3 atom stereocenters. The highest BCUT2D eigenvalue weighted by molar-refractivity contribution is 9.09. The second kappa shape index (κ2) is 11.1. The van der Waals surface area contributed by atoms with Gasteiger partial charge in [0.15, 0.2) is 4.34 Å². The third kappa shape index (κ3) is 5.55. The van der Waals surface area contributed by atoms with E-state index in [2.05, 4.69) is 36.8 Å². The fourth-order valence-electron chi connectivity index (χ4n) is 3.66. The maximum atomic E-state index is 13.1. The molecular formula is C21H20BrN5O5S3. The molecular weight excluding hydrogens is 578 g/mol. The zero-order valence-electron chi connectivity index (χ0n) is 18.3. The molecule has 0 saturated carbocycles. The molecule has 3 amide bonds. The highest BCUT2D eigenvalue weighted by Gasteiger charge is 2.54. The summed E-state index contributed by atoms with van der Waals surface area (Å²) in [5.41, 5.74) is 1.13. The van der Waals surface area contributed by atoms with Crippen LogP contribution in [0.4, 0.5) is 0 Å². The van der Waals surface area contributed by atoms with Gasteiger partial charge in [-0.3, -0.25) is 19.3 Å². The first kappa shape index (κ1) is 25.7. The smallest absolute Gasteiger partial charge is 0.352 e. The van der Waals surface area contributed by atoms with Crippen molar-refractivity contribution in [3.8, 4) is 0 Å². The molecule has 2 aromatic rings. The Kier molecular flexibility index (Phi) is 8.14. The Morgan fingerprint density at radius 3 is 2.66 bits per heavy atom. The number of hydrogen-bond acceptors (Lipinski definition) is 9. The zero-order chi connectivity index (χ0) is 25.1. The fourth-order valence-corrected chi connectivity index (χ4v) is 7.12. The predicted octanol–water partition coefficient (Wildman–Crippen LogP) is 1.93. The fraction of sp³-hybridized carbons (Fsp3) is 0.333. The summed E-state index contributed by atoms with van der Waals surface area (Å²) in [7, 11) is 0. The van der Waals surface area contributed by atoms with E-state index in [1.165, 1.54) is 39.8 Å². The maximum Gasteiger partial charge on any atom is 0.352 e. The average molecular weight is 599 g/mol. The number of halogens is 1. The minimum absolute atomic E-state index is 0.0163. The van der Waals surface area contributed by atoms with Crippen molar-refractivity contribution in [2.24, 2.45) is 0 Å². The van der Waals surface area contributed by atoms with Gasteiger partial charge in [0.05, 0.1) is 5.33 Å². The number of alkyl halides is 1. The normalized spacial score (nSPS) is 20.1. The number of fused-ring (bicyclic) bond motifs is 1. The quantitative estimate of drug-likeness (QED) is 0.224. The summed E-state index contributed by atoms with van der Waals surface area (Å²) >= 11 is 7.26.